The third-order valence-electron chi connectivity index (χ3n) is 3.31. The SMILES string of the molecule is C/C=C(\NNC(=O)CSc1nc2ccccc2s1)c1ccccc1. The van der Waals surface area contributed by atoms with E-state index in [2.05, 4.69) is 15.8 Å². The number of benzene rings is 2. The first kappa shape index (κ1) is 16.5. The van der Waals surface area contributed by atoms with Crippen molar-refractivity contribution in [2.24, 2.45) is 0 Å². The second kappa shape index (κ2) is 7.99. The van der Waals surface area contributed by atoms with Crippen LogP contribution in [0.3, 0.4) is 0 Å². The Morgan fingerprint density at radius 1 is 1.12 bits per heavy atom. The van der Waals surface area contributed by atoms with Gasteiger partial charge in [-0.1, -0.05) is 60.3 Å². The van der Waals surface area contributed by atoms with Crippen molar-refractivity contribution in [1.82, 2.24) is 15.8 Å². The lowest BCUT2D eigenvalue weighted by Gasteiger charge is -2.11. The Morgan fingerprint density at radius 2 is 1.88 bits per heavy atom. The average molecular weight is 355 g/mol. The van der Waals surface area contributed by atoms with Crippen molar-refractivity contribution in [2.45, 2.75) is 11.3 Å². The number of para-hydroxylation sites is 1. The summed E-state index contributed by atoms with van der Waals surface area (Å²) < 4.78 is 2.04. The molecule has 0 bridgehead atoms. The summed E-state index contributed by atoms with van der Waals surface area (Å²) in [5.41, 5.74) is 8.59. The van der Waals surface area contributed by atoms with E-state index >= 15 is 0 Å². The van der Waals surface area contributed by atoms with Crippen LogP contribution in [-0.2, 0) is 4.79 Å². The summed E-state index contributed by atoms with van der Waals surface area (Å²) >= 11 is 3.05. The number of aromatic nitrogens is 1. The molecule has 0 saturated heterocycles. The second-order valence-corrected chi connectivity index (χ2v) is 7.23. The smallest absolute Gasteiger partial charge is 0.248 e. The lowest BCUT2D eigenvalue weighted by Crippen LogP contribution is -2.37. The number of thioether (sulfide) groups is 1. The van der Waals surface area contributed by atoms with Gasteiger partial charge in [-0.2, -0.15) is 0 Å². The van der Waals surface area contributed by atoms with E-state index in [0.717, 1.165) is 25.8 Å². The van der Waals surface area contributed by atoms with Gasteiger partial charge in [0.25, 0.3) is 0 Å². The van der Waals surface area contributed by atoms with Crippen LogP contribution in [0.1, 0.15) is 12.5 Å². The van der Waals surface area contributed by atoms with Crippen LogP contribution >= 0.6 is 23.1 Å². The number of hydrazine groups is 1. The number of rotatable bonds is 6. The van der Waals surface area contributed by atoms with Crippen LogP contribution in [0.25, 0.3) is 15.9 Å². The van der Waals surface area contributed by atoms with E-state index < -0.39 is 0 Å². The van der Waals surface area contributed by atoms with Crippen LogP contribution in [0, 0.1) is 0 Å². The molecule has 2 aromatic carbocycles. The molecular formula is C18H17N3OS2. The van der Waals surface area contributed by atoms with Gasteiger partial charge < -0.3 is 0 Å². The molecule has 1 aromatic heterocycles. The highest BCUT2D eigenvalue weighted by atomic mass is 32.2. The lowest BCUT2D eigenvalue weighted by molar-refractivity contribution is -0.119. The number of allylic oxidation sites excluding steroid dienone is 1. The summed E-state index contributed by atoms with van der Waals surface area (Å²) in [6.45, 7) is 1.93. The van der Waals surface area contributed by atoms with Gasteiger partial charge in [-0.15, -0.1) is 11.3 Å². The van der Waals surface area contributed by atoms with E-state index in [1.807, 2.05) is 67.6 Å². The van der Waals surface area contributed by atoms with Crippen molar-refractivity contribution in [1.29, 1.82) is 0 Å². The molecule has 122 valence electrons. The molecular weight excluding hydrogens is 338 g/mol. The number of carbonyl (C=O) groups excluding carboxylic acids is 1. The van der Waals surface area contributed by atoms with Gasteiger partial charge in [-0.25, -0.2) is 4.98 Å². The van der Waals surface area contributed by atoms with Crippen molar-refractivity contribution < 1.29 is 4.79 Å². The van der Waals surface area contributed by atoms with E-state index in [1.54, 1.807) is 11.3 Å². The van der Waals surface area contributed by atoms with Crippen LogP contribution in [0.4, 0.5) is 0 Å². The van der Waals surface area contributed by atoms with Gasteiger partial charge >= 0.3 is 0 Å². The summed E-state index contributed by atoms with van der Waals surface area (Å²) in [4.78, 5) is 16.6. The first-order valence-electron chi connectivity index (χ1n) is 7.51. The van der Waals surface area contributed by atoms with Crippen molar-refractivity contribution in [3.63, 3.8) is 0 Å². The number of fused-ring (bicyclic) bond motifs is 1. The quantitative estimate of drug-likeness (QED) is 0.517. The Balaban J connectivity index is 1.52. The third-order valence-corrected chi connectivity index (χ3v) is 5.49. The molecule has 3 aromatic rings. The standard InChI is InChI=1S/C18H17N3OS2/c1-2-14(13-8-4-3-5-9-13)20-21-17(22)12-23-18-19-15-10-6-7-11-16(15)24-18/h2-11,20H,12H2,1H3,(H,21,22)/b14-2-. The first-order chi connectivity index (χ1) is 11.8. The monoisotopic (exact) mass is 355 g/mol. The Morgan fingerprint density at radius 3 is 2.62 bits per heavy atom. The van der Waals surface area contributed by atoms with Gasteiger partial charge in [0.2, 0.25) is 5.91 Å². The van der Waals surface area contributed by atoms with Gasteiger partial charge in [0.15, 0.2) is 4.34 Å². The number of hydrogen-bond donors (Lipinski definition) is 2. The first-order valence-corrected chi connectivity index (χ1v) is 9.31. The van der Waals surface area contributed by atoms with Crippen molar-refractivity contribution in [3.8, 4) is 0 Å². The summed E-state index contributed by atoms with van der Waals surface area (Å²) in [7, 11) is 0. The number of carbonyl (C=O) groups is 1. The van der Waals surface area contributed by atoms with Gasteiger partial charge in [0, 0.05) is 0 Å². The molecule has 4 nitrogen and oxygen atoms in total. The molecule has 3 rings (SSSR count). The van der Waals surface area contributed by atoms with E-state index in [9.17, 15) is 4.79 Å². The van der Waals surface area contributed by atoms with E-state index in [0.29, 0.717) is 5.75 Å². The zero-order valence-electron chi connectivity index (χ0n) is 13.2. The number of thiazole rings is 1. The highest BCUT2D eigenvalue weighted by Gasteiger charge is 2.08. The van der Waals surface area contributed by atoms with Gasteiger partial charge in [-0.05, 0) is 24.6 Å². The molecule has 0 aliphatic carbocycles. The molecule has 1 amide bonds. The predicted octanol–water partition coefficient (Wildman–Crippen LogP) is 4.07. The number of nitrogens with one attached hydrogen (secondary N) is 2. The van der Waals surface area contributed by atoms with Crippen molar-refractivity contribution in [3.05, 3.63) is 66.2 Å². The molecule has 2 N–H and O–H groups in total. The minimum absolute atomic E-state index is 0.0884. The summed E-state index contributed by atoms with van der Waals surface area (Å²) in [6.07, 6.45) is 1.93. The van der Waals surface area contributed by atoms with E-state index in [1.165, 1.54) is 11.8 Å². The van der Waals surface area contributed by atoms with Crippen LogP contribution in [-0.4, -0.2) is 16.6 Å². The number of amides is 1. The molecule has 0 saturated carbocycles. The average Bonchev–Trinajstić information content (AvgIpc) is 3.04. The van der Waals surface area contributed by atoms with Gasteiger partial charge in [0.1, 0.15) is 0 Å². The maximum atomic E-state index is 12.0. The molecule has 0 aliphatic heterocycles. The molecule has 0 atom stereocenters. The second-order valence-electron chi connectivity index (χ2n) is 4.98. The highest BCUT2D eigenvalue weighted by molar-refractivity contribution is 8.01. The molecule has 0 radical (unpaired) electrons. The van der Waals surface area contributed by atoms with Crippen molar-refractivity contribution in [2.75, 3.05) is 5.75 Å². The predicted molar refractivity (Wildman–Crippen MR) is 102 cm³/mol. The van der Waals surface area contributed by atoms with E-state index in [-0.39, 0.29) is 5.91 Å². The van der Waals surface area contributed by atoms with Crippen LogP contribution in [0.15, 0.2) is 65.0 Å². The molecule has 0 unspecified atom stereocenters. The van der Waals surface area contributed by atoms with Crippen molar-refractivity contribution >= 4 is 44.9 Å². The number of hydrogen-bond acceptors (Lipinski definition) is 5. The molecule has 0 aliphatic rings. The fourth-order valence-corrected chi connectivity index (χ4v) is 4.01. The maximum absolute atomic E-state index is 12.0. The molecule has 0 fully saturated rings. The van der Waals surface area contributed by atoms with Crippen LogP contribution < -0.4 is 10.9 Å². The Hall–Kier alpha value is -2.31. The fraction of sp³-hybridized carbons (Fsp3) is 0.111. The molecule has 24 heavy (non-hydrogen) atoms. The number of nitrogens with zero attached hydrogens (tertiary/aromatic N) is 1. The highest BCUT2D eigenvalue weighted by Crippen LogP contribution is 2.28. The van der Waals surface area contributed by atoms with Crippen LogP contribution in [0.2, 0.25) is 0 Å². The minimum atomic E-state index is -0.0884. The summed E-state index contributed by atoms with van der Waals surface area (Å²) in [6, 6.07) is 17.9. The topological polar surface area (TPSA) is 54.0 Å². The zero-order valence-corrected chi connectivity index (χ0v) is 14.8. The minimum Gasteiger partial charge on any atom is -0.298 e. The Labute approximate surface area is 149 Å². The summed E-state index contributed by atoms with van der Waals surface area (Å²) in [5.74, 6) is 0.230. The third kappa shape index (κ3) is 4.15. The largest absolute Gasteiger partial charge is 0.298 e. The Bertz CT molecular complexity index is 826. The normalized spacial score (nSPS) is 11.5. The van der Waals surface area contributed by atoms with Gasteiger partial charge in [-0.3, -0.25) is 15.6 Å². The van der Waals surface area contributed by atoms with Gasteiger partial charge in [0.05, 0.1) is 21.7 Å². The molecule has 0 spiro atoms. The Kier molecular flexibility index (Phi) is 5.51. The lowest BCUT2D eigenvalue weighted by atomic mass is 10.1. The van der Waals surface area contributed by atoms with E-state index in [4.69, 9.17) is 0 Å². The van der Waals surface area contributed by atoms with Crippen LogP contribution in [0.5, 0.6) is 0 Å². The summed E-state index contributed by atoms with van der Waals surface area (Å²) in [5, 5.41) is 0. The fourth-order valence-electron chi connectivity index (χ4n) is 2.14. The zero-order chi connectivity index (χ0) is 16.8. The molecule has 1 heterocycles. The maximum Gasteiger partial charge on any atom is 0.248 e. The molecule has 6 heteroatoms.